The Hall–Kier alpha value is -2.17. The van der Waals surface area contributed by atoms with E-state index in [4.69, 9.17) is 18.5 Å². The summed E-state index contributed by atoms with van der Waals surface area (Å²) in [6.07, 6.45) is 8.59. The van der Waals surface area contributed by atoms with Crippen molar-refractivity contribution in [1.82, 2.24) is 0 Å². The second-order valence-corrected chi connectivity index (χ2v) is 8.67. The van der Waals surface area contributed by atoms with E-state index in [1.54, 1.807) is 48.5 Å². The third-order valence-electron chi connectivity index (χ3n) is 4.64. The molecule has 0 spiro atoms. The Morgan fingerprint density at radius 1 is 0.645 bits per heavy atom. The fraction of sp³-hybridized carbons (Fsp3) is 0.500. The SMILES string of the molecule is CCCCCCOc1ccccc1OP(=O)(O)Oc1ccccc1OCCCCCC. The van der Waals surface area contributed by atoms with Gasteiger partial charge in [-0.25, -0.2) is 4.57 Å². The zero-order chi connectivity index (χ0) is 22.4. The third-order valence-corrected chi connectivity index (χ3v) is 5.49. The molecule has 0 fully saturated rings. The van der Waals surface area contributed by atoms with Crippen molar-refractivity contribution in [3.63, 3.8) is 0 Å². The summed E-state index contributed by atoms with van der Waals surface area (Å²) in [5, 5.41) is 0. The van der Waals surface area contributed by atoms with Crippen LogP contribution in [-0.4, -0.2) is 18.1 Å². The van der Waals surface area contributed by atoms with Crippen molar-refractivity contribution in [2.24, 2.45) is 0 Å². The number of phosphoric ester groups is 1. The van der Waals surface area contributed by atoms with Crippen LogP contribution in [0, 0.1) is 0 Å². The zero-order valence-corrected chi connectivity index (χ0v) is 19.5. The molecule has 0 heterocycles. The average molecular weight is 451 g/mol. The van der Waals surface area contributed by atoms with E-state index in [9.17, 15) is 9.46 Å². The van der Waals surface area contributed by atoms with Crippen molar-refractivity contribution < 1.29 is 28.0 Å². The first-order valence-corrected chi connectivity index (χ1v) is 12.7. The van der Waals surface area contributed by atoms with Crippen LogP contribution in [0.1, 0.15) is 65.2 Å². The minimum atomic E-state index is -4.45. The highest BCUT2D eigenvalue weighted by molar-refractivity contribution is 7.48. The number of rotatable bonds is 16. The van der Waals surface area contributed by atoms with Crippen LogP contribution in [-0.2, 0) is 4.57 Å². The van der Waals surface area contributed by atoms with Gasteiger partial charge in [0.25, 0.3) is 0 Å². The van der Waals surface area contributed by atoms with E-state index in [1.807, 2.05) is 0 Å². The van der Waals surface area contributed by atoms with E-state index in [1.165, 1.54) is 0 Å². The fourth-order valence-electron chi connectivity index (χ4n) is 2.98. The van der Waals surface area contributed by atoms with Gasteiger partial charge < -0.3 is 18.5 Å². The van der Waals surface area contributed by atoms with Crippen molar-refractivity contribution in [1.29, 1.82) is 0 Å². The van der Waals surface area contributed by atoms with E-state index in [-0.39, 0.29) is 11.5 Å². The van der Waals surface area contributed by atoms with Gasteiger partial charge >= 0.3 is 7.82 Å². The van der Waals surface area contributed by atoms with Crippen LogP contribution in [0.2, 0.25) is 0 Å². The lowest BCUT2D eigenvalue weighted by Crippen LogP contribution is -2.05. The van der Waals surface area contributed by atoms with Gasteiger partial charge in [0.1, 0.15) is 0 Å². The molecule has 2 aromatic rings. The van der Waals surface area contributed by atoms with Crippen molar-refractivity contribution in [3.8, 4) is 23.0 Å². The summed E-state index contributed by atoms with van der Waals surface area (Å²) in [6.45, 7) is 5.34. The summed E-state index contributed by atoms with van der Waals surface area (Å²) >= 11 is 0. The van der Waals surface area contributed by atoms with Gasteiger partial charge in [-0.05, 0) is 37.1 Å². The fourth-order valence-corrected chi connectivity index (χ4v) is 3.81. The highest BCUT2D eigenvalue weighted by Gasteiger charge is 2.28. The summed E-state index contributed by atoms with van der Waals surface area (Å²) in [5.41, 5.74) is 0. The first-order valence-electron chi connectivity index (χ1n) is 11.2. The molecular weight excluding hydrogens is 415 g/mol. The molecule has 0 radical (unpaired) electrons. The monoisotopic (exact) mass is 450 g/mol. The topological polar surface area (TPSA) is 74.2 Å². The maximum Gasteiger partial charge on any atom is 0.585 e. The van der Waals surface area contributed by atoms with E-state index in [2.05, 4.69) is 13.8 Å². The molecule has 0 unspecified atom stereocenters. The molecule has 0 aliphatic heterocycles. The molecule has 0 atom stereocenters. The Morgan fingerprint density at radius 3 is 1.42 bits per heavy atom. The lowest BCUT2D eigenvalue weighted by Gasteiger charge is -2.18. The molecule has 172 valence electrons. The smallest absolute Gasteiger partial charge is 0.490 e. The van der Waals surface area contributed by atoms with Gasteiger partial charge in [-0.3, -0.25) is 4.89 Å². The summed E-state index contributed by atoms with van der Waals surface area (Å²) in [7, 11) is -4.45. The molecule has 31 heavy (non-hydrogen) atoms. The number of unbranched alkanes of at least 4 members (excludes halogenated alkanes) is 6. The van der Waals surface area contributed by atoms with Crippen LogP contribution in [0.15, 0.2) is 48.5 Å². The van der Waals surface area contributed by atoms with Gasteiger partial charge in [-0.2, -0.15) is 0 Å². The molecule has 0 aliphatic rings. The van der Waals surface area contributed by atoms with Crippen LogP contribution in [0.5, 0.6) is 23.0 Å². The molecular formula is C24H35O6P. The van der Waals surface area contributed by atoms with Crippen LogP contribution < -0.4 is 18.5 Å². The van der Waals surface area contributed by atoms with Crippen LogP contribution in [0.25, 0.3) is 0 Å². The maximum atomic E-state index is 12.7. The molecule has 0 aliphatic carbocycles. The molecule has 0 saturated carbocycles. The maximum absolute atomic E-state index is 12.7. The lowest BCUT2D eigenvalue weighted by atomic mass is 10.2. The van der Waals surface area contributed by atoms with Gasteiger partial charge in [-0.15, -0.1) is 0 Å². The minimum Gasteiger partial charge on any atom is -0.490 e. The molecule has 7 heteroatoms. The Kier molecular flexibility index (Phi) is 11.3. The van der Waals surface area contributed by atoms with Gasteiger partial charge in [0.05, 0.1) is 13.2 Å². The van der Waals surface area contributed by atoms with Gasteiger partial charge in [0.2, 0.25) is 0 Å². The second-order valence-electron chi connectivity index (χ2n) is 7.36. The third kappa shape index (κ3) is 9.67. The Bertz CT molecular complexity index is 747. The Labute approximate surface area is 186 Å². The number of benzene rings is 2. The summed E-state index contributed by atoms with van der Waals surface area (Å²) in [6, 6.07) is 13.6. The van der Waals surface area contributed by atoms with E-state index >= 15 is 0 Å². The number of phosphoric acid groups is 1. The number of hydrogen-bond acceptors (Lipinski definition) is 5. The summed E-state index contributed by atoms with van der Waals surface area (Å²) < 4.78 is 34.9. The van der Waals surface area contributed by atoms with Crippen LogP contribution >= 0.6 is 7.82 Å². The van der Waals surface area contributed by atoms with E-state index in [0.29, 0.717) is 24.7 Å². The number of hydrogen-bond donors (Lipinski definition) is 1. The quantitative estimate of drug-likeness (QED) is 0.216. The molecule has 0 amide bonds. The summed E-state index contributed by atoms with van der Waals surface area (Å²) in [5.74, 6) is 1.17. The Morgan fingerprint density at radius 2 is 1.03 bits per heavy atom. The van der Waals surface area contributed by atoms with Gasteiger partial charge in [0.15, 0.2) is 23.0 Å². The van der Waals surface area contributed by atoms with E-state index < -0.39 is 7.82 Å². The number of para-hydroxylation sites is 4. The second kappa shape index (κ2) is 14.0. The number of ether oxygens (including phenoxy) is 2. The largest absolute Gasteiger partial charge is 0.585 e. The molecule has 2 aromatic carbocycles. The predicted molar refractivity (Wildman–Crippen MR) is 123 cm³/mol. The average Bonchev–Trinajstić information content (AvgIpc) is 2.75. The van der Waals surface area contributed by atoms with E-state index in [0.717, 1.165) is 51.4 Å². The van der Waals surface area contributed by atoms with Crippen molar-refractivity contribution in [2.75, 3.05) is 13.2 Å². The van der Waals surface area contributed by atoms with Crippen LogP contribution in [0.4, 0.5) is 0 Å². The lowest BCUT2D eigenvalue weighted by molar-refractivity contribution is 0.257. The molecule has 0 aromatic heterocycles. The van der Waals surface area contributed by atoms with Crippen molar-refractivity contribution >= 4 is 7.82 Å². The zero-order valence-electron chi connectivity index (χ0n) is 18.6. The first-order chi connectivity index (χ1) is 15.1. The van der Waals surface area contributed by atoms with Crippen molar-refractivity contribution in [3.05, 3.63) is 48.5 Å². The van der Waals surface area contributed by atoms with Crippen molar-refractivity contribution in [2.45, 2.75) is 65.2 Å². The van der Waals surface area contributed by atoms with Crippen LogP contribution in [0.3, 0.4) is 0 Å². The molecule has 2 rings (SSSR count). The molecule has 0 bridgehead atoms. The molecule has 1 N–H and O–H groups in total. The normalized spacial score (nSPS) is 11.2. The highest BCUT2D eigenvalue weighted by Crippen LogP contribution is 2.48. The summed E-state index contributed by atoms with van der Waals surface area (Å²) in [4.78, 5) is 10.4. The first kappa shape index (κ1) is 25.1. The van der Waals surface area contributed by atoms with Gasteiger partial charge in [-0.1, -0.05) is 76.6 Å². The van der Waals surface area contributed by atoms with Gasteiger partial charge in [0, 0.05) is 0 Å². The Balaban J connectivity index is 1.97. The molecule has 6 nitrogen and oxygen atoms in total. The minimum absolute atomic E-state index is 0.168. The highest BCUT2D eigenvalue weighted by atomic mass is 31.2. The molecule has 0 saturated heterocycles. The standard InChI is InChI=1S/C24H35O6P/c1-3-5-7-13-19-27-21-15-9-11-17-23(21)29-31(25,26)30-24-18-12-10-16-22(24)28-20-14-8-6-4-2/h9-12,15-18H,3-8,13-14,19-20H2,1-2H3,(H,25,26). The predicted octanol–water partition coefficient (Wildman–Crippen LogP) is 7.16.